The Morgan fingerprint density at radius 1 is 1.18 bits per heavy atom. The Bertz CT molecular complexity index is 360. The molecule has 1 N–H and O–H groups in total. The highest BCUT2D eigenvalue weighted by molar-refractivity contribution is 5.84. The fraction of sp³-hybridized carbons (Fsp3) is 0.429. The van der Waals surface area contributed by atoms with Gasteiger partial charge in [0.05, 0.1) is 0 Å². The lowest BCUT2D eigenvalue weighted by molar-refractivity contribution is 0.413. The Balaban J connectivity index is 2.81. The van der Waals surface area contributed by atoms with Crippen molar-refractivity contribution < 1.29 is 14.7 Å². The summed E-state index contributed by atoms with van der Waals surface area (Å²) >= 11 is 0. The second kappa shape index (κ2) is 6.18. The molecule has 2 radical (unpaired) electrons. The zero-order valence-corrected chi connectivity index (χ0v) is 9.90. The molecule has 0 aliphatic carbocycles. The number of aromatic hydroxyl groups is 1. The molecule has 0 aromatic heterocycles. The SMILES string of the molecule is CCCCC([C]=O)([C]=O)Cc1ccc(O)cc1. The molecule has 0 heterocycles. The van der Waals surface area contributed by atoms with Gasteiger partial charge in [-0.25, -0.2) is 0 Å². The summed E-state index contributed by atoms with van der Waals surface area (Å²) in [6.07, 6.45) is 6.13. The van der Waals surface area contributed by atoms with Crippen molar-refractivity contribution in [1.29, 1.82) is 0 Å². The molecule has 90 valence electrons. The van der Waals surface area contributed by atoms with Gasteiger partial charge in [0.1, 0.15) is 11.2 Å². The predicted molar refractivity (Wildman–Crippen MR) is 65.2 cm³/mol. The molecular weight excluding hydrogens is 216 g/mol. The predicted octanol–water partition coefficient (Wildman–Crippen LogP) is 2.33. The lowest BCUT2D eigenvalue weighted by Gasteiger charge is -2.19. The second-order valence-electron chi connectivity index (χ2n) is 4.23. The van der Waals surface area contributed by atoms with E-state index in [4.69, 9.17) is 5.11 Å². The van der Waals surface area contributed by atoms with Crippen molar-refractivity contribution in [3.05, 3.63) is 29.8 Å². The van der Waals surface area contributed by atoms with E-state index in [9.17, 15) is 9.59 Å². The highest BCUT2D eigenvalue weighted by atomic mass is 16.3. The maximum atomic E-state index is 11.0. The third-order valence-corrected chi connectivity index (χ3v) is 2.79. The van der Waals surface area contributed by atoms with Gasteiger partial charge in [-0.15, -0.1) is 0 Å². The van der Waals surface area contributed by atoms with Crippen LogP contribution >= 0.6 is 0 Å². The Labute approximate surface area is 101 Å². The van der Waals surface area contributed by atoms with E-state index in [1.54, 1.807) is 12.1 Å². The van der Waals surface area contributed by atoms with Crippen molar-refractivity contribution in [2.75, 3.05) is 0 Å². The highest BCUT2D eigenvalue weighted by Crippen LogP contribution is 2.26. The first kappa shape index (κ1) is 13.4. The first-order valence-corrected chi connectivity index (χ1v) is 5.72. The molecule has 3 nitrogen and oxygen atoms in total. The minimum Gasteiger partial charge on any atom is -0.508 e. The zero-order valence-electron chi connectivity index (χ0n) is 9.90. The number of phenolic OH excluding ortho intramolecular Hbond substituents is 1. The quantitative estimate of drug-likeness (QED) is 0.734. The summed E-state index contributed by atoms with van der Waals surface area (Å²) in [4.78, 5) is 22.0. The van der Waals surface area contributed by atoms with Crippen molar-refractivity contribution in [2.45, 2.75) is 32.6 Å². The lowest BCUT2D eigenvalue weighted by Crippen LogP contribution is -2.27. The molecule has 1 aromatic rings. The topological polar surface area (TPSA) is 54.4 Å². The van der Waals surface area contributed by atoms with Crippen molar-refractivity contribution in [3.8, 4) is 5.75 Å². The van der Waals surface area contributed by atoms with Crippen LogP contribution in [0.4, 0.5) is 0 Å². The molecule has 0 atom stereocenters. The van der Waals surface area contributed by atoms with E-state index in [0.29, 0.717) is 12.8 Å². The molecule has 0 aliphatic heterocycles. The number of phenols is 1. The summed E-state index contributed by atoms with van der Waals surface area (Å²) in [5.41, 5.74) is -0.335. The van der Waals surface area contributed by atoms with Crippen LogP contribution in [0, 0.1) is 5.41 Å². The molecule has 0 bridgehead atoms. The minimum absolute atomic E-state index is 0.165. The van der Waals surface area contributed by atoms with Gasteiger partial charge in [-0.3, -0.25) is 9.59 Å². The number of carbonyl (C=O) groups excluding carboxylic acids is 2. The van der Waals surface area contributed by atoms with Gasteiger partial charge in [0.2, 0.25) is 12.6 Å². The highest BCUT2D eigenvalue weighted by Gasteiger charge is 2.31. The molecule has 1 rings (SSSR count). The van der Waals surface area contributed by atoms with Gasteiger partial charge < -0.3 is 5.11 Å². The molecule has 17 heavy (non-hydrogen) atoms. The van der Waals surface area contributed by atoms with Crippen LogP contribution in [0.1, 0.15) is 31.7 Å². The number of benzene rings is 1. The molecule has 0 amide bonds. The van der Waals surface area contributed by atoms with Crippen molar-refractivity contribution in [1.82, 2.24) is 0 Å². The maximum Gasteiger partial charge on any atom is 0.213 e. The van der Waals surface area contributed by atoms with Crippen LogP contribution in [-0.2, 0) is 16.0 Å². The van der Waals surface area contributed by atoms with Crippen LogP contribution in [0.3, 0.4) is 0 Å². The summed E-state index contributed by atoms with van der Waals surface area (Å²) in [6.45, 7) is 2.00. The van der Waals surface area contributed by atoms with Gasteiger partial charge in [-0.2, -0.15) is 0 Å². The van der Waals surface area contributed by atoms with Crippen LogP contribution < -0.4 is 0 Å². The number of hydrogen-bond acceptors (Lipinski definition) is 3. The molecule has 3 heteroatoms. The summed E-state index contributed by atoms with van der Waals surface area (Å²) in [5.74, 6) is 0.165. The molecule has 1 aromatic carbocycles. The first-order chi connectivity index (χ1) is 8.15. The fourth-order valence-electron chi connectivity index (χ4n) is 1.72. The van der Waals surface area contributed by atoms with E-state index in [1.165, 1.54) is 12.1 Å². The van der Waals surface area contributed by atoms with Gasteiger partial charge in [0, 0.05) is 0 Å². The molecule has 0 unspecified atom stereocenters. The maximum absolute atomic E-state index is 11.0. The van der Waals surface area contributed by atoms with Crippen LogP contribution in [0.2, 0.25) is 0 Å². The lowest BCUT2D eigenvalue weighted by atomic mass is 9.80. The molecule has 0 spiro atoms. The number of rotatable bonds is 7. The van der Waals surface area contributed by atoms with Gasteiger partial charge in [-0.1, -0.05) is 31.9 Å². The fourth-order valence-corrected chi connectivity index (χ4v) is 1.72. The summed E-state index contributed by atoms with van der Waals surface area (Å²) < 4.78 is 0. The van der Waals surface area contributed by atoms with E-state index in [2.05, 4.69) is 0 Å². The average Bonchev–Trinajstić information content (AvgIpc) is 2.37. The van der Waals surface area contributed by atoms with Crippen LogP contribution in [-0.4, -0.2) is 17.7 Å². The normalized spacial score (nSPS) is 11.1. The Morgan fingerprint density at radius 2 is 1.76 bits per heavy atom. The smallest absolute Gasteiger partial charge is 0.213 e. The van der Waals surface area contributed by atoms with Gasteiger partial charge >= 0.3 is 0 Å². The van der Waals surface area contributed by atoms with Crippen LogP contribution in [0.25, 0.3) is 0 Å². The monoisotopic (exact) mass is 232 g/mol. The molecule has 0 fully saturated rings. The third kappa shape index (κ3) is 3.70. The second-order valence-corrected chi connectivity index (χ2v) is 4.23. The van der Waals surface area contributed by atoms with Gasteiger partial charge in [-0.05, 0) is 30.5 Å². The Morgan fingerprint density at radius 3 is 2.24 bits per heavy atom. The summed E-state index contributed by atoms with van der Waals surface area (Å²) in [7, 11) is 0. The van der Waals surface area contributed by atoms with Crippen molar-refractivity contribution >= 4 is 12.6 Å². The largest absolute Gasteiger partial charge is 0.508 e. The van der Waals surface area contributed by atoms with Crippen molar-refractivity contribution in [2.24, 2.45) is 5.41 Å². The van der Waals surface area contributed by atoms with E-state index in [-0.39, 0.29) is 5.75 Å². The molecule has 0 aliphatic rings. The van der Waals surface area contributed by atoms with Gasteiger partial charge in [0.15, 0.2) is 0 Å². The zero-order chi connectivity index (χ0) is 12.7. The van der Waals surface area contributed by atoms with Crippen LogP contribution in [0.15, 0.2) is 24.3 Å². The van der Waals surface area contributed by atoms with E-state index < -0.39 is 5.41 Å². The first-order valence-electron chi connectivity index (χ1n) is 5.72. The molecule has 0 saturated carbocycles. The Hall–Kier alpha value is -1.64. The number of unbranched alkanes of at least 4 members (excludes halogenated alkanes) is 1. The number of hydrogen-bond donors (Lipinski definition) is 1. The Kier molecular flexibility index (Phi) is 4.88. The van der Waals surface area contributed by atoms with Gasteiger partial charge in [0.25, 0.3) is 0 Å². The minimum atomic E-state index is -1.16. The van der Waals surface area contributed by atoms with Crippen molar-refractivity contribution in [3.63, 3.8) is 0 Å². The molecule has 0 saturated heterocycles. The summed E-state index contributed by atoms with van der Waals surface area (Å²) in [6, 6.07) is 6.47. The third-order valence-electron chi connectivity index (χ3n) is 2.79. The molecular formula is C14H16O3. The summed E-state index contributed by atoms with van der Waals surface area (Å²) in [5, 5.41) is 9.16. The van der Waals surface area contributed by atoms with E-state index >= 15 is 0 Å². The van der Waals surface area contributed by atoms with Crippen LogP contribution in [0.5, 0.6) is 5.75 Å². The average molecular weight is 232 g/mol. The van der Waals surface area contributed by atoms with E-state index in [1.807, 2.05) is 19.5 Å². The van der Waals surface area contributed by atoms with E-state index in [0.717, 1.165) is 18.4 Å². The standard InChI is InChI=1S/C14H16O3/c1-2-3-8-14(10-15,11-16)9-12-4-6-13(17)7-5-12/h4-7,17H,2-3,8-9H2,1H3.